The first-order chi connectivity index (χ1) is 12.6. The summed E-state index contributed by atoms with van der Waals surface area (Å²) in [6.07, 6.45) is 3.55. The van der Waals surface area contributed by atoms with E-state index in [1.165, 1.54) is 0 Å². The Kier molecular flexibility index (Phi) is 6.67. The highest BCUT2D eigenvalue weighted by atomic mass is 16.5. The van der Waals surface area contributed by atoms with Crippen LogP contribution in [0.25, 0.3) is 0 Å². The van der Waals surface area contributed by atoms with Gasteiger partial charge >= 0.3 is 0 Å². The van der Waals surface area contributed by atoms with E-state index in [0.717, 1.165) is 43.9 Å². The van der Waals surface area contributed by atoms with Crippen LogP contribution in [0.2, 0.25) is 0 Å². The zero-order valence-corrected chi connectivity index (χ0v) is 15.9. The molecule has 2 unspecified atom stereocenters. The highest BCUT2D eigenvalue weighted by Gasteiger charge is 2.41. The van der Waals surface area contributed by atoms with Crippen molar-refractivity contribution in [3.8, 4) is 0 Å². The van der Waals surface area contributed by atoms with Crippen molar-refractivity contribution in [3.05, 3.63) is 17.5 Å². The van der Waals surface area contributed by atoms with Crippen LogP contribution in [0.3, 0.4) is 0 Å². The minimum Gasteiger partial charge on any atom is -0.381 e. The number of carbonyl (C=O) groups is 1. The summed E-state index contributed by atoms with van der Waals surface area (Å²) in [6.45, 7) is 8.13. The normalized spacial score (nSPS) is 26.3. The molecule has 7 nitrogen and oxygen atoms in total. The molecule has 2 atom stereocenters. The third kappa shape index (κ3) is 4.84. The van der Waals surface area contributed by atoms with Crippen LogP contribution in [0.5, 0.6) is 0 Å². The minimum absolute atomic E-state index is 0.0687. The molecule has 2 aliphatic rings. The molecule has 0 radical (unpaired) electrons. The zero-order chi connectivity index (χ0) is 18.4. The average molecular weight is 365 g/mol. The van der Waals surface area contributed by atoms with E-state index in [2.05, 4.69) is 15.8 Å². The summed E-state index contributed by atoms with van der Waals surface area (Å²) in [5, 5.41) is 10.6. The number of ether oxygens (including phenoxy) is 2. The molecule has 146 valence electrons. The molecule has 0 bridgehead atoms. The molecule has 0 aromatic carbocycles. The number of nitrogens with zero attached hydrogens (tertiary/aromatic N) is 1. The van der Waals surface area contributed by atoms with E-state index in [4.69, 9.17) is 14.0 Å². The van der Waals surface area contributed by atoms with E-state index >= 15 is 0 Å². The van der Waals surface area contributed by atoms with Gasteiger partial charge in [0.2, 0.25) is 5.91 Å². The molecule has 3 heterocycles. The fraction of sp³-hybridized carbons (Fsp3) is 0.789. The fourth-order valence-corrected chi connectivity index (χ4v) is 3.75. The Labute approximate surface area is 155 Å². The van der Waals surface area contributed by atoms with Gasteiger partial charge in [0.1, 0.15) is 5.76 Å². The Morgan fingerprint density at radius 1 is 1.54 bits per heavy atom. The van der Waals surface area contributed by atoms with Crippen molar-refractivity contribution in [2.45, 2.75) is 51.6 Å². The minimum atomic E-state index is -0.487. The van der Waals surface area contributed by atoms with Crippen LogP contribution in [-0.2, 0) is 20.7 Å². The number of aromatic nitrogens is 1. The molecule has 2 aliphatic heterocycles. The molecular weight excluding hydrogens is 334 g/mol. The number of piperidine rings is 1. The topological polar surface area (TPSA) is 85.6 Å². The van der Waals surface area contributed by atoms with Crippen LogP contribution in [0.1, 0.15) is 50.5 Å². The summed E-state index contributed by atoms with van der Waals surface area (Å²) in [7, 11) is 0. The van der Waals surface area contributed by atoms with Gasteiger partial charge in [-0.3, -0.25) is 4.79 Å². The van der Waals surface area contributed by atoms with Gasteiger partial charge in [-0.05, 0) is 39.7 Å². The van der Waals surface area contributed by atoms with E-state index in [1.807, 2.05) is 19.9 Å². The second kappa shape index (κ2) is 8.97. The molecular formula is C19H31N3O4. The first-order valence-electron chi connectivity index (χ1n) is 9.73. The molecule has 26 heavy (non-hydrogen) atoms. The molecule has 0 aliphatic carbocycles. The largest absolute Gasteiger partial charge is 0.381 e. The molecule has 0 saturated carbocycles. The smallest absolute Gasteiger partial charge is 0.228 e. The fourth-order valence-electron chi connectivity index (χ4n) is 3.75. The lowest BCUT2D eigenvalue weighted by molar-refractivity contribution is -0.132. The molecule has 7 heteroatoms. The lowest BCUT2D eigenvalue weighted by Crippen LogP contribution is -2.52. The van der Waals surface area contributed by atoms with Crippen molar-refractivity contribution in [2.75, 3.05) is 39.5 Å². The molecule has 2 fully saturated rings. The third-order valence-corrected chi connectivity index (χ3v) is 5.23. The van der Waals surface area contributed by atoms with Gasteiger partial charge in [-0.25, -0.2) is 0 Å². The summed E-state index contributed by atoms with van der Waals surface area (Å²) in [5.74, 6) is 1.17. The molecule has 1 aromatic heterocycles. The maximum Gasteiger partial charge on any atom is 0.228 e. The van der Waals surface area contributed by atoms with Crippen molar-refractivity contribution in [1.29, 1.82) is 0 Å². The summed E-state index contributed by atoms with van der Waals surface area (Å²) >= 11 is 0. The Hall–Kier alpha value is -1.44. The van der Waals surface area contributed by atoms with Gasteiger partial charge in [0.15, 0.2) is 0 Å². The van der Waals surface area contributed by atoms with Crippen LogP contribution in [0.4, 0.5) is 0 Å². The highest BCUT2D eigenvalue weighted by molar-refractivity contribution is 5.83. The van der Waals surface area contributed by atoms with Crippen LogP contribution < -0.4 is 10.6 Å². The number of hydrogen-bond acceptors (Lipinski definition) is 6. The lowest BCUT2D eigenvalue weighted by Gasteiger charge is -2.35. The van der Waals surface area contributed by atoms with Gasteiger partial charge in [-0.2, -0.15) is 0 Å². The Bertz CT molecular complexity index is 575. The molecule has 1 aromatic rings. The van der Waals surface area contributed by atoms with Gasteiger partial charge in [-0.15, -0.1) is 0 Å². The first kappa shape index (κ1) is 19.3. The lowest BCUT2D eigenvalue weighted by atomic mass is 9.76. The summed E-state index contributed by atoms with van der Waals surface area (Å²) in [4.78, 5) is 12.9. The van der Waals surface area contributed by atoms with Crippen molar-refractivity contribution in [2.24, 2.45) is 5.41 Å². The third-order valence-electron chi connectivity index (χ3n) is 5.23. The standard InChI is InChI=1S/C19H31N3O4/c1-14(2)25-9-7-21-18(23)19(5-3-6-20-13-19)11-16-10-17(22-26-16)15-4-8-24-12-15/h10,14-15,20H,3-9,11-13H2,1-2H3,(H,21,23). The van der Waals surface area contributed by atoms with Crippen LogP contribution in [0.15, 0.2) is 10.6 Å². The summed E-state index contributed by atoms with van der Waals surface area (Å²) in [6, 6.07) is 2.00. The van der Waals surface area contributed by atoms with Crippen molar-refractivity contribution in [1.82, 2.24) is 15.8 Å². The van der Waals surface area contributed by atoms with Gasteiger partial charge in [0, 0.05) is 38.1 Å². The quantitative estimate of drug-likeness (QED) is 0.681. The van der Waals surface area contributed by atoms with Crippen LogP contribution >= 0.6 is 0 Å². The van der Waals surface area contributed by atoms with E-state index in [-0.39, 0.29) is 12.0 Å². The van der Waals surface area contributed by atoms with E-state index in [1.54, 1.807) is 0 Å². The SMILES string of the molecule is CC(C)OCCNC(=O)C1(Cc2cc(C3CCOC3)no2)CCCNC1. The van der Waals surface area contributed by atoms with Crippen molar-refractivity contribution >= 4 is 5.91 Å². The first-order valence-corrected chi connectivity index (χ1v) is 9.73. The van der Waals surface area contributed by atoms with Crippen molar-refractivity contribution in [3.63, 3.8) is 0 Å². The van der Waals surface area contributed by atoms with E-state index in [9.17, 15) is 4.79 Å². The predicted octanol–water partition coefficient (Wildman–Crippen LogP) is 1.63. The molecule has 3 rings (SSSR count). The van der Waals surface area contributed by atoms with Gasteiger partial charge in [0.05, 0.1) is 30.4 Å². The molecule has 1 amide bonds. The average Bonchev–Trinajstić information content (AvgIpc) is 3.30. The van der Waals surface area contributed by atoms with E-state index in [0.29, 0.717) is 38.6 Å². The Morgan fingerprint density at radius 3 is 3.12 bits per heavy atom. The summed E-state index contributed by atoms with van der Waals surface area (Å²) in [5.41, 5.74) is 0.459. The zero-order valence-electron chi connectivity index (χ0n) is 15.9. The molecule has 2 N–H and O–H groups in total. The second-order valence-electron chi connectivity index (χ2n) is 7.69. The number of amides is 1. The Morgan fingerprint density at radius 2 is 2.42 bits per heavy atom. The number of carbonyl (C=O) groups excluding carboxylic acids is 1. The van der Waals surface area contributed by atoms with Gasteiger partial charge in [-0.1, -0.05) is 5.16 Å². The monoisotopic (exact) mass is 365 g/mol. The molecule has 2 saturated heterocycles. The molecule has 0 spiro atoms. The number of rotatable bonds is 8. The maximum absolute atomic E-state index is 12.9. The number of hydrogen-bond donors (Lipinski definition) is 2. The maximum atomic E-state index is 12.9. The summed E-state index contributed by atoms with van der Waals surface area (Å²) < 4.78 is 16.5. The van der Waals surface area contributed by atoms with Crippen molar-refractivity contribution < 1.29 is 18.8 Å². The second-order valence-corrected chi connectivity index (χ2v) is 7.69. The van der Waals surface area contributed by atoms with Crippen LogP contribution in [0, 0.1) is 5.41 Å². The number of nitrogens with one attached hydrogen (secondary N) is 2. The predicted molar refractivity (Wildman–Crippen MR) is 97.0 cm³/mol. The van der Waals surface area contributed by atoms with Gasteiger partial charge < -0.3 is 24.6 Å². The Balaban J connectivity index is 1.62. The highest BCUT2D eigenvalue weighted by Crippen LogP contribution is 2.33. The van der Waals surface area contributed by atoms with Crippen LogP contribution in [-0.4, -0.2) is 56.6 Å². The van der Waals surface area contributed by atoms with E-state index < -0.39 is 5.41 Å². The van der Waals surface area contributed by atoms with Gasteiger partial charge in [0.25, 0.3) is 0 Å².